The lowest BCUT2D eigenvalue weighted by Crippen LogP contribution is -2.41. The predicted molar refractivity (Wildman–Crippen MR) is 77.3 cm³/mol. The third-order valence-corrected chi connectivity index (χ3v) is 4.35. The van der Waals surface area contributed by atoms with E-state index in [2.05, 4.69) is 5.32 Å². The molecule has 20 heavy (non-hydrogen) atoms. The zero-order valence-electron chi connectivity index (χ0n) is 11.8. The fourth-order valence-electron chi connectivity index (χ4n) is 3.23. The normalized spacial score (nSPS) is 23.6. The molecule has 1 aliphatic carbocycles. The molecule has 0 aromatic heterocycles. The van der Waals surface area contributed by atoms with Crippen molar-refractivity contribution in [3.05, 3.63) is 29.8 Å². The van der Waals surface area contributed by atoms with E-state index in [4.69, 9.17) is 0 Å². The number of rotatable bonds is 3. The molecule has 4 nitrogen and oxygen atoms in total. The molecule has 3 rings (SSSR count). The molecule has 1 N–H and O–H groups in total. The van der Waals surface area contributed by atoms with Crippen molar-refractivity contribution in [3.63, 3.8) is 0 Å². The Hall–Kier alpha value is -1.84. The lowest BCUT2D eigenvalue weighted by molar-refractivity contribution is -0.141. The van der Waals surface area contributed by atoms with E-state index < -0.39 is 6.04 Å². The molecule has 0 spiro atoms. The predicted octanol–water partition coefficient (Wildman–Crippen LogP) is 2.48. The molecule has 2 aliphatic rings. The summed E-state index contributed by atoms with van der Waals surface area (Å²) in [5.74, 6) is -0.0712. The summed E-state index contributed by atoms with van der Waals surface area (Å²) in [6, 6.07) is 7.59. The van der Waals surface area contributed by atoms with E-state index in [0.717, 1.165) is 36.9 Å². The van der Waals surface area contributed by atoms with Gasteiger partial charge in [-0.2, -0.15) is 0 Å². The van der Waals surface area contributed by atoms with Crippen LogP contribution in [0.1, 0.15) is 37.7 Å². The fourth-order valence-corrected chi connectivity index (χ4v) is 3.23. The zero-order chi connectivity index (χ0) is 14.1. The Labute approximate surface area is 119 Å². The Balaban J connectivity index is 1.74. The average Bonchev–Trinajstić information content (AvgIpc) is 3.02. The lowest BCUT2D eigenvalue weighted by Gasteiger charge is -2.22. The van der Waals surface area contributed by atoms with E-state index in [1.54, 1.807) is 0 Å². The molecule has 106 valence electrons. The maximum absolute atomic E-state index is 12.5. The number of likely N-dealkylation sites (tertiary alicyclic amines) is 1. The van der Waals surface area contributed by atoms with Crippen molar-refractivity contribution < 1.29 is 9.59 Å². The number of benzene rings is 1. The smallest absolute Gasteiger partial charge is 0.252 e. The fraction of sp³-hybridized carbons (Fsp3) is 0.500. The number of nitrogens with zero attached hydrogens (tertiary/aromatic N) is 1. The molecule has 0 bridgehead atoms. The second kappa shape index (κ2) is 5.27. The van der Waals surface area contributed by atoms with E-state index >= 15 is 0 Å². The van der Waals surface area contributed by atoms with Gasteiger partial charge in [-0.3, -0.25) is 14.5 Å². The molecule has 0 radical (unpaired) electrons. The number of imide groups is 1. The summed E-state index contributed by atoms with van der Waals surface area (Å²) in [6.45, 7) is 2.00. The highest BCUT2D eigenvalue weighted by molar-refractivity contribution is 6.07. The van der Waals surface area contributed by atoms with Gasteiger partial charge in [-0.25, -0.2) is 0 Å². The SMILES string of the molecule is Cc1ccccc1NC1CC(=O)N(C2CCCC2)C1=O. The molecule has 2 fully saturated rings. The first kappa shape index (κ1) is 13.2. The van der Waals surface area contributed by atoms with Gasteiger partial charge in [-0.05, 0) is 31.4 Å². The number of carbonyl (C=O) groups is 2. The van der Waals surface area contributed by atoms with Gasteiger partial charge >= 0.3 is 0 Å². The van der Waals surface area contributed by atoms with Crippen molar-refractivity contribution in [1.29, 1.82) is 0 Å². The van der Waals surface area contributed by atoms with Crippen LogP contribution < -0.4 is 5.32 Å². The van der Waals surface area contributed by atoms with Crippen LogP contribution in [0.3, 0.4) is 0 Å². The average molecular weight is 272 g/mol. The zero-order valence-corrected chi connectivity index (χ0v) is 11.8. The van der Waals surface area contributed by atoms with Crippen LogP contribution in [0, 0.1) is 6.92 Å². The molecule has 1 saturated carbocycles. The van der Waals surface area contributed by atoms with Gasteiger partial charge in [0.25, 0.3) is 5.91 Å². The first-order chi connectivity index (χ1) is 9.66. The van der Waals surface area contributed by atoms with Crippen LogP contribution in [0.4, 0.5) is 5.69 Å². The topological polar surface area (TPSA) is 49.4 Å². The Bertz CT molecular complexity index is 535. The standard InChI is InChI=1S/C16H20N2O2/c1-11-6-2-5-9-13(11)17-14-10-15(19)18(16(14)20)12-7-3-4-8-12/h2,5-6,9,12,14,17H,3-4,7-8,10H2,1H3. The van der Waals surface area contributed by atoms with Crippen LogP contribution in [0.25, 0.3) is 0 Å². The van der Waals surface area contributed by atoms with Crippen molar-refractivity contribution in [2.45, 2.75) is 51.1 Å². The Morgan fingerprint density at radius 3 is 2.55 bits per heavy atom. The van der Waals surface area contributed by atoms with Crippen LogP contribution in [0.15, 0.2) is 24.3 Å². The Morgan fingerprint density at radius 2 is 1.85 bits per heavy atom. The lowest BCUT2D eigenvalue weighted by atomic mass is 10.1. The van der Waals surface area contributed by atoms with Crippen molar-refractivity contribution >= 4 is 17.5 Å². The van der Waals surface area contributed by atoms with Gasteiger partial charge in [0, 0.05) is 11.7 Å². The van der Waals surface area contributed by atoms with E-state index in [1.807, 2.05) is 31.2 Å². The first-order valence-electron chi connectivity index (χ1n) is 7.35. The Morgan fingerprint density at radius 1 is 1.15 bits per heavy atom. The number of para-hydroxylation sites is 1. The number of aryl methyl sites for hydroxylation is 1. The highest BCUT2D eigenvalue weighted by Crippen LogP contribution is 2.29. The monoisotopic (exact) mass is 272 g/mol. The van der Waals surface area contributed by atoms with Crippen molar-refractivity contribution in [1.82, 2.24) is 4.90 Å². The van der Waals surface area contributed by atoms with E-state index in [0.29, 0.717) is 0 Å². The van der Waals surface area contributed by atoms with Gasteiger partial charge in [0.1, 0.15) is 6.04 Å². The number of amides is 2. The third kappa shape index (κ3) is 2.30. The van der Waals surface area contributed by atoms with E-state index in [-0.39, 0.29) is 24.3 Å². The first-order valence-corrected chi connectivity index (χ1v) is 7.35. The molecular formula is C16H20N2O2. The molecular weight excluding hydrogens is 252 g/mol. The summed E-state index contributed by atoms with van der Waals surface area (Å²) in [6.07, 6.45) is 4.46. The highest BCUT2D eigenvalue weighted by atomic mass is 16.2. The molecule has 1 saturated heterocycles. The molecule has 1 unspecified atom stereocenters. The van der Waals surface area contributed by atoms with Crippen LogP contribution in [-0.2, 0) is 9.59 Å². The summed E-state index contributed by atoms with van der Waals surface area (Å²) in [7, 11) is 0. The minimum atomic E-state index is -0.399. The van der Waals surface area contributed by atoms with Crippen LogP contribution in [0.5, 0.6) is 0 Å². The van der Waals surface area contributed by atoms with E-state index in [1.165, 1.54) is 4.90 Å². The van der Waals surface area contributed by atoms with Gasteiger partial charge in [-0.15, -0.1) is 0 Å². The van der Waals surface area contributed by atoms with Gasteiger partial charge in [0.2, 0.25) is 5.91 Å². The van der Waals surface area contributed by atoms with Crippen LogP contribution >= 0.6 is 0 Å². The van der Waals surface area contributed by atoms with Crippen molar-refractivity contribution in [3.8, 4) is 0 Å². The molecule has 1 aliphatic heterocycles. The maximum Gasteiger partial charge on any atom is 0.252 e. The molecule has 1 aromatic carbocycles. The van der Waals surface area contributed by atoms with E-state index in [9.17, 15) is 9.59 Å². The number of carbonyl (C=O) groups excluding carboxylic acids is 2. The van der Waals surface area contributed by atoms with Gasteiger partial charge < -0.3 is 5.32 Å². The molecule has 1 atom stereocenters. The summed E-state index contributed by atoms with van der Waals surface area (Å²) in [5.41, 5.74) is 2.03. The molecule has 1 aromatic rings. The number of hydrogen-bond donors (Lipinski definition) is 1. The second-order valence-corrected chi connectivity index (χ2v) is 5.76. The van der Waals surface area contributed by atoms with Crippen molar-refractivity contribution in [2.24, 2.45) is 0 Å². The van der Waals surface area contributed by atoms with Gasteiger partial charge in [0.05, 0.1) is 6.42 Å². The van der Waals surface area contributed by atoms with Gasteiger partial charge in [-0.1, -0.05) is 31.0 Å². The Kier molecular flexibility index (Phi) is 3.47. The molecule has 2 amide bonds. The quantitative estimate of drug-likeness (QED) is 0.860. The second-order valence-electron chi connectivity index (χ2n) is 5.76. The minimum Gasteiger partial charge on any atom is -0.373 e. The molecule has 1 heterocycles. The summed E-state index contributed by atoms with van der Waals surface area (Å²) in [5, 5.41) is 3.23. The van der Waals surface area contributed by atoms with Crippen LogP contribution in [0.2, 0.25) is 0 Å². The summed E-state index contributed by atoms with van der Waals surface area (Å²) < 4.78 is 0. The van der Waals surface area contributed by atoms with Gasteiger partial charge in [0.15, 0.2) is 0 Å². The number of hydrogen-bond acceptors (Lipinski definition) is 3. The third-order valence-electron chi connectivity index (χ3n) is 4.35. The van der Waals surface area contributed by atoms with Crippen LogP contribution in [-0.4, -0.2) is 28.8 Å². The highest BCUT2D eigenvalue weighted by Gasteiger charge is 2.42. The molecule has 4 heteroatoms. The minimum absolute atomic E-state index is 0.0204. The summed E-state index contributed by atoms with van der Waals surface area (Å²) >= 11 is 0. The number of anilines is 1. The number of nitrogens with one attached hydrogen (secondary N) is 1. The largest absolute Gasteiger partial charge is 0.373 e. The van der Waals surface area contributed by atoms with Crippen molar-refractivity contribution in [2.75, 3.05) is 5.32 Å². The summed E-state index contributed by atoms with van der Waals surface area (Å²) in [4.78, 5) is 26.1. The maximum atomic E-state index is 12.5.